The number of hydrogen-bond acceptors (Lipinski definition) is 4. The third-order valence-electron chi connectivity index (χ3n) is 5.68. The van der Waals surface area contributed by atoms with E-state index in [4.69, 9.17) is 9.47 Å². The molecule has 0 bridgehead atoms. The number of ketones is 1. The minimum absolute atomic E-state index is 0.179. The number of para-hydroxylation sites is 2. The Morgan fingerprint density at radius 3 is 2.24 bits per heavy atom. The molecule has 0 amide bonds. The van der Waals surface area contributed by atoms with Crippen LogP contribution < -0.4 is 4.74 Å². The minimum Gasteiger partial charge on any atom is -0.457 e. The summed E-state index contributed by atoms with van der Waals surface area (Å²) >= 11 is 0. The first kappa shape index (κ1) is 17.7. The van der Waals surface area contributed by atoms with Crippen molar-refractivity contribution in [3.8, 4) is 11.5 Å². The molecule has 0 atom stereocenters. The van der Waals surface area contributed by atoms with E-state index in [1.165, 1.54) is 11.1 Å². The number of esters is 1. The van der Waals surface area contributed by atoms with E-state index < -0.39 is 11.9 Å². The maximum absolute atomic E-state index is 13.0. The van der Waals surface area contributed by atoms with Gasteiger partial charge in [0.15, 0.2) is 12.4 Å². The largest absolute Gasteiger partial charge is 0.457 e. The van der Waals surface area contributed by atoms with Crippen molar-refractivity contribution >= 4 is 11.8 Å². The van der Waals surface area contributed by atoms with E-state index in [9.17, 15) is 9.59 Å². The lowest BCUT2D eigenvalue weighted by molar-refractivity contribution is -0.143. The average molecular weight is 384 g/mol. The second kappa shape index (κ2) is 7.21. The van der Waals surface area contributed by atoms with E-state index >= 15 is 0 Å². The molecular formula is C25H20O4. The summed E-state index contributed by atoms with van der Waals surface area (Å²) < 4.78 is 11.4. The van der Waals surface area contributed by atoms with Gasteiger partial charge in [0.05, 0.1) is 0 Å². The number of fused-ring (bicyclic) bond motifs is 3. The molecule has 0 spiro atoms. The van der Waals surface area contributed by atoms with Gasteiger partial charge in [0, 0.05) is 16.7 Å². The Kier molecular flexibility index (Phi) is 4.39. The van der Waals surface area contributed by atoms with Gasteiger partial charge in [0.1, 0.15) is 17.4 Å². The minimum atomic E-state index is -0.607. The van der Waals surface area contributed by atoms with Crippen LogP contribution in [0.2, 0.25) is 0 Å². The van der Waals surface area contributed by atoms with Crippen molar-refractivity contribution in [2.45, 2.75) is 25.2 Å². The number of hydrogen-bond donors (Lipinski definition) is 0. The quantitative estimate of drug-likeness (QED) is 0.477. The second-order valence-electron chi connectivity index (χ2n) is 7.48. The van der Waals surface area contributed by atoms with Gasteiger partial charge in [0.2, 0.25) is 0 Å². The first-order valence-corrected chi connectivity index (χ1v) is 9.88. The fraction of sp³-hybridized carbons (Fsp3) is 0.200. The summed E-state index contributed by atoms with van der Waals surface area (Å²) in [6, 6.07) is 20.7. The van der Waals surface area contributed by atoms with Gasteiger partial charge < -0.3 is 9.47 Å². The first-order chi connectivity index (χ1) is 14.2. The molecule has 3 aromatic rings. The van der Waals surface area contributed by atoms with Crippen molar-refractivity contribution < 1.29 is 19.1 Å². The van der Waals surface area contributed by atoms with Crippen LogP contribution in [0, 0.1) is 0 Å². The molecule has 0 radical (unpaired) electrons. The zero-order valence-corrected chi connectivity index (χ0v) is 15.9. The lowest BCUT2D eigenvalue weighted by Crippen LogP contribution is -2.23. The van der Waals surface area contributed by atoms with Gasteiger partial charge in [-0.1, -0.05) is 48.5 Å². The van der Waals surface area contributed by atoms with E-state index in [0.717, 1.165) is 30.4 Å². The highest BCUT2D eigenvalue weighted by Gasteiger charge is 2.34. The van der Waals surface area contributed by atoms with Gasteiger partial charge in [-0.05, 0) is 48.6 Å². The summed E-state index contributed by atoms with van der Waals surface area (Å²) in [5, 5.41) is 0. The van der Waals surface area contributed by atoms with Crippen LogP contribution in [-0.2, 0) is 22.4 Å². The highest BCUT2D eigenvalue weighted by atomic mass is 16.5. The predicted octanol–water partition coefficient (Wildman–Crippen LogP) is 4.84. The summed E-state index contributed by atoms with van der Waals surface area (Å²) in [7, 11) is 0. The highest BCUT2D eigenvalue weighted by molar-refractivity contribution is 5.98. The normalized spacial score (nSPS) is 14.3. The summed E-state index contributed by atoms with van der Waals surface area (Å²) in [5.41, 5.74) is 4.65. The molecule has 0 aromatic heterocycles. The van der Waals surface area contributed by atoms with E-state index in [2.05, 4.69) is 0 Å². The number of rotatable bonds is 4. The number of ether oxygens (including phenoxy) is 2. The lowest BCUT2D eigenvalue weighted by atomic mass is 9.88. The molecule has 4 heteroatoms. The van der Waals surface area contributed by atoms with E-state index in [-0.39, 0.29) is 12.4 Å². The van der Waals surface area contributed by atoms with Crippen LogP contribution in [0.4, 0.5) is 0 Å². The van der Waals surface area contributed by atoms with Crippen LogP contribution in [0.1, 0.15) is 45.0 Å². The fourth-order valence-corrected chi connectivity index (χ4v) is 4.21. The highest BCUT2D eigenvalue weighted by Crippen LogP contribution is 2.44. The second-order valence-corrected chi connectivity index (χ2v) is 7.48. The molecule has 1 aliphatic carbocycles. The van der Waals surface area contributed by atoms with Crippen LogP contribution in [0.5, 0.6) is 11.5 Å². The van der Waals surface area contributed by atoms with Gasteiger partial charge in [-0.25, -0.2) is 0 Å². The molecule has 29 heavy (non-hydrogen) atoms. The molecule has 0 unspecified atom stereocenters. The monoisotopic (exact) mass is 384 g/mol. The molecule has 0 saturated heterocycles. The van der Waals surface area contributed by atoms with E-state index in [0.29, 0.717) is 17.1 Å². The van der Waals surface area contributed by atoms with Crippen molar-refractivity contribution in [1.82, 2.24) is 0 Å². The maximum atomic E-state index is 13.0. The third kappa shape index (κ3) is 3.21. The standard InChI is InChI=1S/C25H20O4/c26-21(18-13-12-16-6-5-7-17(16)14-18)15-28-25(27)24-19-8-1-3-10-22(19)29-23-11-4-2-9-20(23)24/h1-4,8-14,24H,5-7,15H2. The summed E-state index contributed by atoms with van der Waals surface area (Å²) in [5.74, 6) is 0.0459. The Morgan fingerprint density at radius 1 is 0.862 bits per heavy atom. The Balaban J connectivity index is 1.37. The smallest absolute Gasteiger partial charge is 0.318 e. The van der Waals surface area contributed by atoms with Crippen LogP contribution in [0.25, 0.3) is 0 Å². The third-order valence-corrected chi connectivity index (χ3v) is 5.68. The van der Waals surface area contributed by atoms with Crippen LogP contribution >= 0.6 is 0 Å². The van der Waals surface area contributed by atoms with Gasteiger partial charge in [-0.15, -0.1) is 0 Å². The average Bonchev–Trinajstić information content (AvgIpc) is 3.23. The van der Waals surface area contributed by atoms with Crippen LogP contribution in [0.3, 0.4) is 0 Å². The van der Waals surface area contributed by atoms with Gasteiger partial charge in [0.25, 0.3) is 0 Å². The Hall–Kier alpha value is -3.40. The number of Topliss-reactive ketones (excluding diaryl/α,β-unsaturated/α-hetero) is 1. The number of carbonyl (C=O) groups excluding carboxylic acids is 2. The summed E-state index contributed by atoms with van der Waals surface area (Å²) in [6.45, 7) is -0.265. The van der Waals surface area contributed by atoms with Crippen molar-refractivity contribution in [1.29, 1.82) is 0 Å². The summed E-state index contributed by atoms with van der Waals surface area (Å²) in [6.07, 6.45) is 3.21. The van der Waals surface area contributed by atoms with Gasteiger partial charge in [-0.3, -0.25) is 9.59 Å². The van der Waals surface area contributed by atoms with E-state index in [1.807, 2.05) is 66.7 Å². The Bertz CT molecular complexity index is 1070. The van der Waals surface area contributed by atoms with Crippen molar-refractivity contribution in [2.24, 2.45) is 0 Å². The fourth-order valence-electron chi connectivity index (χ4n) is 4.21. The van der Waals surface area contributed by atoms with E-state index in [1.54, 1.807) is 0 Å². The van der Waals surface area contributed by atoms with Crippen molar-refractivity contribution in [2.75, 3.05) is 6.61 Å². The molecule has 5 rings (SSSR count). The Morgan fingerprint density at radius 2 is 1.52 bits per heavy atom. The lowest BCUT2D eigenvalue weighted by Gasteiger charge is -2.26. The number of carbonyl (C=O) groups is 2. The molecule has 1 aliphatic heterocycles. The molecule has 2 aliphatic rings. The molecule has 3 aromatic carbocycles. The van der Waals surface area contributed by atoms with Gasteiger partial charge >= 0.3 is 5.97 Å². The topological polar surface area (TPSA) is 52.6 Å². The SMILES string of the molecule is O=C(COC(=O)C1c2ccccc2Oc2ccccc21)c1ccc2c(c1)CCC2. The molecule has 4 nitrogen and oxygen atoms in total. The first-order valence-electron chi connectivity index (χ1n) is 9.88. The number of aryl methyl sites for hydroxylation is 2. The van der Waals surface area contributed by atoms with Crippen molar-refractivity contribution in [3.63, 3.8) is 0 Å². The zero-order chi connectivity index (χ0) is 19.8. The summed E-state index contributed by atoms with van der Waals surface area (Å²) in [4.78, 5) is 25.6. The molecule has 0 fully saturated rings. The Labute approximate surface area is 169 Å². The molecular weight excluding hydrogens is 364 g/mol. The molecule has 1 heterocycles. The van der Waals surface area contributed by atoms with Crippen molar-refractivity contribution in [3.05, 3.63) is 94.5 Å². The zero-order valence-electron chi connectivity index (χ0n) is 15.9. The van der Waals surface area contributed by atoms with Crippen LogP contribution in [0.15, 0.2) is 66.7 Å². The molecule has 0 saturated carbocycles. The predicted molar refractivity (Wildman–Crippen MR) is 109 cm³/mol. The van der Waals surface area contributed by atoms with Crippen LogP contribution in [-0.4, -0.2) is 18.4 Å². The maximum Gasteiger partial charge on any atom is 0.318 e. The molecule has 0 N–H and O–H groups in total. The molecule has 144 valence electrons. The van der Waals surface area contributed by atoms with Gasteiger partial charge in [-0.2, -0.15) is 0 Å². The number of benzene rings is 3.